The number of benzene rings is 1. The fourth-order valence-corrected chi connectivity index (χ4v) is 2.05. The third kappa shape index (κ3) is 2.74. The van der Waals surface area contributed by atoms with Crippen molar-refractivity contribution in [2.75, 3.05) is 13.7 Å². The molecule has 0 aromatic heterocycles. The van der Waals surface area contributed by atoms with E-state index in [1.165, 1.54) is 0 Å². The van der Waals surface area contributed by atoms with Gasteiger partial charge in [-0.25, -0.2) is 0 Å². The molecule has 1 aliphatic heterocycles. The predicted octanol–water partition coefficient (Wildman–Crippen LogP) is 2.42. The second-order valence-electron chi connectivity index (χ2n) is 5.15. The molecule has 0 amide bonds. The van der Waals surface area contributed by atoms with Gasteiger partial charge >= 0.3 is 0 Å². The van der Waals surface area contributed by atoms with Crippen LogP contribution in [0.25, 0.3) is 6.08 Å². The van der Waals surface area contributed by atoms with Gasteiger partial charge in [-0.15, -0.1) is 0 Å². The van der Waals surface area contributed by atoms with Crippen molar-refractivity contribution in [3.05, 3.63) is 35.4 Å². The molecule has 0 fully saturated rings. The molecule has 1 atom stereocenters. The first kappa shape index (κ1) is 13.1. The van der Waals surface area contributed by atoms with Gasteiger partial charge in [0, 0.05) is 13.5 Å². The van der Waals surface area contributed by atoms with Crippen LogP contribution in [0.1, 0.15) is 25.0 Å². The molecule has 1 aliphatic rings. The Hall–Kier alpha value is -1.32. The van der Waals surface area contributed by atoms with E-state index in [9.17, 15) is 5.11 Å². The first-order valence-electron chi connectivity index (χ1n) is 6.18. The van der Waals surface area contributed by atoms with Crippen LogP contribution >= 0.6 is 0 Å². The summed E-state index contributed by atoms with van der Waals surface area (Å²) in [5.74, 6) is 0.870. The van der Waals surface area contributed by atoms with Crippen LogP contribution in [0.5, 0.6) is 5.75 Å². The Bertz CT molecular complexity index is 449. The maximum absolute atomic E-state index is 10.0. The molecule has 18 heavy (non-hydrogen) atoms. The number of hydrogen-bond donors (Lipinski definition) is 1. The number of aliphatic hydroxyl groups is 1. The van der Waals surface area contributed by atoms with E-state index < -0.39 is 11.7 Å². The number of aliphatic hydroxyl groups excluding tert-OH is 1. The van der Waals surface area contributed by atoms with Gasteiger partial charge in [-0.1, -0.05) is 18.2 Å². The van der Waals surface area contributed by atoms with Gasteiger partial charge in [-0.2, -0.15) is 0 Å². The maximum atomic E-state index is 10.0. The zero-order valence-corrected chi connectivity index (χ0v) is 11.1. The van der Waals surface area contributed by atoms with Gasteiger partial charge in [0.25, 0.3) is 0 Å². The third-order valence-electron chi connectivity index (χ3n) is 3.25. The predicted molar refractivity (Wildman–Crippen MR) is 71.8 cm³/mol. The van der Waals surface area contributed by atoms with Crippen LogP contribution in [0.15, 0.2) is 24.3 Å². The summed E-state index contributed by atoms with van der Waals surface area (Å²) in [6.45, 7) is 4.42. The molecule has 1 heterocycles. The number of hydrogen-bond acceptors (Lipinski definition) is 3. The minimum absolute atomic E-state index is 0.469. The van der Waals surface area contributed by atoms with Crippen LogP contribution in [0, 0.1) is 0 Å². The molecule has 1 aromatic rings. The van der Waals surface area contributed by atoms with E-state index in [-0.39, 0.29) is 0 Å². The highest BCUT2D eigenvalue weighted by molar-refractivity contribution is 5.54. The van der Waals surface area contributed by atoms with Crippen molar-refractivity contribution in [2.45, 2.75) is 32.0 Å². The summed E-state index contributed by atoms with van der Waals surface area (Å²) >= 11 is 0. The van der Waals surface area contributed by atoms with Crippen molar-refractivity contribution >= 4 is 6.08 Å². The quantitative estimate of drug-likeness (QED) is 0.892. The molecule has 3 nitrogen and oxygen atoms in total. The number of methoxy groups -OCH3 is 1. The summed E-state index contributed by atoms with van der Waals surface area (Å²) in [7, 11) is 1.67. The minimum Gasteiger partial charge on any atom is -0.485 e. The van der Waals surface area contributed by atoms with Crippen molar-refractivity contribution in [1.29, 1.82) is 0 Å². The van der Waals surface area contributed by atoms with Crippen molar-refractivity contribution in [1.82, 2.24) is 0 Å². The van der Waals surface area contributed by atoms with E-state index in [2.05, 4.69) is 6.07 Å². The van der Waals surface area contributed by atoms with Crippen molar-refractivity contribution in [3.8, 4) is 5.75 Å². The number of ether oxygens (including phenoxy) is 2. The normalized spacial score (nSPS) is 21.7. The molecule has 0 radical (unpaired) electrons. The highest BCUT2D eigenvalue weighted by atomic mass is 16.5. The Kier molecular flexibility index (Phi) is 3.73. The van der Waals surface area contributed by atoms with E-state index in [0.29, 0.717) is 13.0 Å². The standard InChI is InChI=1S/C15H20O3/c1-15(2)14(16)10-12-9-11(5-4-8-17-3)6-7-13(12)18-15/h4-7,9,14,16H,8,10H2,1-3H3. The summed E-state index contributed by atoms with van der Waals surface area (Å²) in [6.07, 6.45) is 4.14. The molecule has 2 rings (SSSR count). The van der Waals surface area contributed by atoms with Crippen molar-refractivity contribution in [2.24, 2.45) is 0 Å². The highest BCUT2D eigenvalue weighted by Crippen LogP contribution is 2.33. The van der Waals surface area contributed by atoms with Crippen LogP contribution in [0.3, 0.4) is 0 Å². The van der Waals surface area contributed by atoms with E-state index in [1.807, 2.05) is 38.1 Å². The van der Waals surface area contributed by atoms with Crippen LogP contribution in [0.4, 0.5) is 0 Å². The molecular formula is C15H20O3. The molecule has 1 N–H and O–H groups in total. The Balaban J connectivity index is 2.21. The molecule has 0 saturated heterocycles. The summed E-state index contributed by atoms with van der Waals surface area (Å²) in [4.78, 5) is 0. The Morgan fingerprint density at radius 3 is 3.00 bits per heavy atom. The largest absolute Gasteiger partial charge is 0.485 e. The number of rotatable bonds is 3. The average Bonchev–Trinajstić information content (AvgIpc) is 2.31. The van der Waals surface area contributed by atoms with E-state index in [1.54, 1.807) is 7.11 Å². The molecule has 98 valence electrons. The topological polar surface area (TPSA) is 38.7 Å². The highest BCUT2D eigenvalue weighted by Gasteiger charge is 2.35. The van der Waals surface area contributed by atoms with Gasteiger partial charge in [0.05, 0.1) is 12.7 Å². The smallest absolute Gasteiger partial charge is 0.129 e. The van der Waals surface area contributed by atoms with Crippen molar-refractivity contribution in [3.63, 3.8) is 0 Å². The van der Waals surface area contributed by atoms with Gasteiger partial charge in [0.2, 0.25) is 0 Å². The van der Waals surface area contributed by atoms with Gasteiger partial charge in [-0.3, -0.25) is 0 Å². The lowest BCUT2D eigenvalue weighted by Crippen LogP contribution is -2.46. The average molecular weight is 248 g/mol. The molecule has 3 heteroatoms. The summed E-state index contributed by atoms with van der Waals surface area (Å²) < 4.78 is 10.8. The van der Waals surface area contributed by atoms with E-state index in [0.717, 1.165) is 16.9 Å². The number of fused-ring (bicyclic) bond motifs is 1. The molecule has 0 bridgehead atoms. The second kappa shape index (κ2) is 5.12. The molecule has 0 spiro atoms. The van der Waals surface area contributed by atoms with Crippen molar-refractivity contribution < 1.29 is 14.6 Å². The van der Waals surface area contributed by atoms with Crippen LogP contribution in [-0.2, 0) is 11.2 Å². The van der Waals surface area contributed by atoms with E-state index >= 15 is 0 Å². The summed E-state index contributed by atoms with van der Waals surface area (Å²) in [6, 6.07) is 6.04. The molecule has 0 aliphatic carbocycles. The Morgan fingerprint density at radius 1 is 1.50 bits per heavy atom. The van der Waals surface area contributed by atoms with Gasteiger partial charge in [0.1, 0.15) is 11.4 Å². The molecule has 0 saturated carbocycles. The van der Waals surface area contributed by atoms with Crippen LogP contribution in [-0.4, -0.2) is 30.5 Å². The van der Waals surface area contributed by atoms with E-state index in [4.69, 9.17) is 9.47 Å². The lowest BCUT2D eigenvalue weighted by Gasteiger charge is -2.37. The van der Waals surface area contributed by atoms with Crippen LogP contribution < -0.4 is 4.74 Å². The first-order chi connectivity index (χ1) is 8.53. The summed E-state index contributed by atoms with van der Waals surface area (Å²) in [5, 5.41) is 10.0. The molecule has 1 aromatic carbocycles. The Morgan fingerprint density at radius 2 is 2.28 bits per heavy atom. The fraction of sp³-hybridized carbons (Fsp3) is 0.467. The zero-order chi connectivity index (χ0) is 13.2. The lowest BCUT2D eigenvalue weighted by atomic mass is 9.90. The molecular weight excluding hydrogens is 228 g/mol. The monoisotopic (exact) mass is 248 g/mol. The van der Waals surface area contributed by atoms with Gasteiger partial charge in [-0.05, 0) is 37.1 Å². The summed E-state index contributed by atoms with van der Waals surface area (Å²) in [5.41, 5.74) is 1.64. The SMILES string of the molecule is COCC=Cc1ccc2c(c1)CC(O)C(C)(C)O2. The fourth-order valence-electron chi connectivity index (χ4n) is 2.05. The zero-order valence-electron chi connectivity index (χ0n) is 11.1. The Labute approximate surface area is 108 Å². The molecule has 1 unspecified atom stereocenters. The lowest BCUT2D eigenvalue weighted by molar-refractivity contribution is -0.0411. The van der Waals surface area contributed by atoms with Crippen LogP contribution in [0.2, 0.25) is 0 Å². The van der Waals surface area contributed by atoms with Gasteiger partial charge in [0.15, 0.2) is 0 Å². The van der Waals surface area contributed by atoms with Gasteiger partial charge < -0.3 is 14.6 Å². The maximum Gasteiger partial charge on any atom is 0.129 e. The first-order valence-corrected chi connectivity index (χ1v) is 6.18. The third-order valence-corrected chi connectivity index (χ3v) is 3.25. The second-order valence-corrected chi connectivity index (χ2v) is 5.15. The minimum atomic E-state index is -0.513.